The van der Waals surface area contributed by atoms with Gasteiger partial charge < -0.3 is 10.0 Å². The van der Waals surface area contributed by atoms with E-state index < -0.39 is 0 Å². The molecule has 2 aromatic rings. The van der Waals surface area contributed by atoms with Gasteiger partial charge in [-0.1, -0.05) is 92.1 Å². The molecule has 0 fully saturated rings. The number of hydrogen-bond donors (Lipinski definition) is 0. The predicted octanol–water partition coefficient (Wildman–Crippen LogP) is 11.5. The summed E-state index contributed by atoms with van der Waals surface area (Å²) in [4.78, 5) is 2.59. The normalized spacial score (nSPS) is 15.4. The van der Waals surface area contributed by atoms with Gasteiger partial charge in [0.05, 0.1) is 6.42 Å². The molecule has 0 saturated heterocycles. The van der Waals surface area contributed by atoms with Crippen LogP contribution in [0.1, 0.15) is 89.5 Å². The Kier molecular flexibility index (Phi) is 16.3. The van der Waals surface area contributed by atoms with Crippen LogP contribution in [0.25, 0.3) is 11.6 Å². The fourth-order valence-corrected chi connectivity index (χ4v) is 5.33. The number of halogens is 2. The molecule has 0 amide bonds. The maximum atomic E-state index is 8.52. The molecule has 2 nitrogen and oxygen atoms in total. The first-order valence-electron chi connectivity index (χ1n) is 15.6. The number of anilines is 1. The van der Waals surface area contributed by atoms with Crippen molar-refractivity contribution in [3.05, 3.63) is 123 Å². The first-order chi connectivity index (χ1) is 20.6. The van der Waals surface area contributed by atoms with Crippen molar-refractivity contribution >= 4 is 40.5 Å². The quantitative estimate of drug-likeness (QED) is 0.125. The molecule has 2 aliphatic heterocycles. The van der Waals surface area contributed by atoms with E-state index in [-0.39, 0.29) is 0 Å². The Morgan fingerprint density at radius 3 is 2.07 bits per heavy atom. The van der Waals surface area contributed by atoms with Crippen molar-refractivity contribution < 1.29 is 5.11 Å². The van der Waals surface area contributed by atoms with Gasteiger partial charge in [-0.15, -0.1) is 6.58 Å². The Morgan fingerprint density at radius 1 is 0.977 bits per heavy atom. The minimum atomic E-state index is 0.527. The van der Waals surface area contributed by atoms with Crippen LogP contribution in [0.3, 0.4) is 0 Å². The summed E-state index contributed by atoms with van der Waals surface area (Å²) in [6.07, 6.45) is 20.1. The van der Waals surface area contributed by atoms with Crippen LogP contribution in [0.15, 0.2) is 95.8 Å². The molecule has 0 aromatic heterocycles. The summed E-state index contributed by atoms with van der Waals surface area (Å²) in [6.45, 7) is 18.2. The number of nitrogens with zero attached hydrogens (tertiary/aromatic N) is 1. The van der Waals surface area contributed by atoms with Crippen LogP contribution in [0.4, 0.5) is 5.69 Å². The zero-order valence-electron chi connectivity index (χ0n) is 27.2. The van der Waals surface area contributed by atoms with E-state index in [2.05, 4.69) is 63.5 Å². The standard InChI is InChI=1S/C32H35Cl2NO.C4H10.C3H6/c1-3-28(33)12-5-13-30(36)22-31(25-14-16-29(34)17-15-25)23(2)8-4-9-24-20-26-10-6-18-35-19-7-11-27(21-24)32(26)35;1-4(2)3;1-3-2/h3-5,9,12,14-17,20-22,36H,6-8,10-11,13,18-19H2,1-2H3;4H,1-3H3;3H,1H2,2H3/p+1/b9-4+,12-5-,28-3+,30-22-,31-23+;;. The number of aryl methyl sites for hydroxylation is 2. The molecule has 0 radical (unpaired) electrons. The second kappa shape index (κ2) is 19.4. The Labute approximate surface area is 271 Å². The zero-order valence-corrected chi connectivity index (χ0v) is 28.7. The summed E-state index contributed by atoms with van der Waals surface area (Å²) in [5.41, 5.74) is 9.21. The lowest BCUT2D eigenvalue weighted by atomic mass is 9.90. The largest absolute Gasteiger partial charge is 0.596 e. The van der Waals surface area contributed by atoms with Crippen molar-refractivity contribution in [1.82, 2.24) is 0 Å². The van der Waals surface area contributed by atoms with Crippen molar-refractivity contribution in [3.8, 4) is 0 Å². The topological polar surface area (TPSA) is 26.1 Å². The van der Waals surface area contributed by atoms with Crippen molar-refractivity contribution in [2.45, 2.75) is 80.1 Å². The van der Waals surface area contributed by atoms with E-state index in [1.807, 2.05) is 62.4 Å². The highest BCUT2D eigenvalue weighted by atomic mass is 35.5. The van der Waals surface area contributed by atoms with Gasteiger partial charge in [-0.3, -0.25) is 0 Å². The molecule has 2 heterocycles. The molecule has 232 valence electrons. The van der Waals surface area contributed by atoms with E-state index in [0.717, 1.165) is 23.5 Å². The van der Waals surface area contributed by atoms with Crippen molar-refractivity contribution in [3.63, 3.8) is 0 Å². The monoisotopic (exact) mass is 620 g/mol. The lowest BCUT2D eigenvalue weighted by Gasteiger charge is -2.37. The van der Waals surface area contributed by atoms with Gasteiger partial charge in [0.25, 0.3) is 0 Å². The van der Waals surface area contributed by atoms with Crippen LogP contribution in [-0.4, -0.2) is 18.2 Å². The number of rotatable bonds is 8. The van der Waals surface area contributed by atoms with Crippen LogP contribution in [0, 0.1) is 5.92 Å². The van der Waals surface area contributed by atoms with E-state index >= 15 is 0 Å². The summed E-state index contributed by atoms with van der Waals surface area (Å²) in [7, 11) is 0. The van der Waals surface area contributed by atoms with Crippen LogP contribution in [0.2, 0.25) is 5.02 Å². The molecule has 0 aliphatic carbocycles. The fraction of sp³-hybridized carbons (Fsp3) is 0.385. The van der Waals surface area contributed by atoms with E-state index in [1.54, 1.807) is 6.08 Å². The minimum absolute atomic E-state index is 0.527. The van der Waals surface area contributed by atoms with Gasteiger partial charge in [0.15, 0.2) is 0 Å². The Hall–Kier alpha value is -2.94. The summed E-state index contributed by atoms with van der Waals surface area (Å²) >= 11 is 12.2. The lowest BCUT2D eigenvalue weighted by Crippen LogP contribution is -2.34. The molecule has 0 saturated carbocycles. The van der Waals surface area contributed by atoms with Crippen LogP contribution >= 0.6 is 23.2 Å². The molecule has 4 rings (SSSR count). The highest BCUT2D eigenvalue weighted by Crippen LogP contribution is 2.36. The van der Waals surface area contributed by atoms with E-state index in [1.165, 1.54) is 66.7 Å². The van der Waals surface area contributed by atoms with Crippen LogP contribution in [-0.2, 0) is 12.8 Å². The molecule has 43 heavy (non-hydrogen) atoms. The van der Waals surface area contributed by atoms with Gasteiger partial charge in [0, 0.05) is 34.9 Å². The van der Waals surface area contributed by atoms with Crippen molar-refractivity contribution in [1.29, 1.82) is 0 Å². The smallest absolute Gasteiger partial charge is 0.233 e. The van der Waals surface area contributed by atoms with Gasteiger partial charge in [0.2, 0.25) is 5.76 Å². The fourth-order valence-electron chi connectivity index (χ4n) is 5.12. The molecule has 2 aromatic carbocycles. The summed E-state index contributed by atoms with van der Waals surface area (Å²) in [5.74, 6) is 1.37. The molecular weight excluding hydrogens is 569 g/mol. The highest BCUT2D eigenvalue weighted by molar-refractivity contribution is 6.31. The third-order valence-corrected chi connectivity index (χ3v) is 7.51. The maximum Gasteiger partial charge on any atom is 0.233 e. The molecule has 0 atom stereocenters. The van der Waals surface area contributed by atoms with Crippen molar-refractivity contribution in [2.75, 3.05) is 18.0 Å². The lowest BCUT2D eigenvalue weighted by molar-refractivity contribution is 0.402. The van der Waals surface area contributed by atoms with Crippen molar-refractivity contribution in [2.24, 2.45) is 5.92 Å². The van der Waals surface area contributed by atoms with Crippen LogP contribution < -0.4 is 4.90 Å². The summed E-state index contributed by atoms with van der Waals surface area (Å²) < 4.78 is 0. The number of benzene rings is 2. The first-order valence-corrected chi connectivity index (χ1v) is 16.4. The Bertz CT molecular complexity index is 1290. The number of hydrogen-bond acceptors (Lipinski definition) is 1. The van der Waals surface area contributed by atoms with Gasteiger partial charge in [0.1, 0.15) is 0 Å². The molecule has 2 N–H and O–H groups in total. The van der Waals surface area contributed by atoms with Gasteiger partial charge in [-0.05, 0) is 117 Å². The number of allylic oxidation sites excluding steroid dienone is 9. The van der Waals surface area contributed by atoms with E-state index in [9.17, 15) is 0 Å². The SMILES string of the molecule is C/C=C(Cl)\C=C/C/C([OH2+])=C/C(=C(/C)C/C=C/c1cc2c3c(c1)CCCN3CCC2)c1ccc(Cl)cc1.C=CC.CC(C)C. The Balaban J connectivity index is 0.000000836. The van der Waals surface area contributed by atoms with E-state index in [4.69, 9.17) is 28.3 Å². The minimum Gasteiger partial charge on any atom is -0.596 e. The molecular formula is C39H52Cl2NO+. The third kappa shape index (κ3) is 12.7. The Morgan fingerprint density at radius 2 is 1.53 bits per heavy atom. The van der Waals surface area contributed by atoms with Crippen LogP contribution in [0.5, 0.6) is 0 Å². The molecule has 4 heteroatoms. The average Bonchev–Trinajstić information content (AvgIpc) is 2.97. The highest BCUT2D eigenvalue weighted by Gasteiger charge is 2.23. The second-order valence-corrected chi connectivity index (χ2v) is 12.7. The molecule has 2 aliphatic rings. The van der Waals surface area contributed by atoms with E-state index in [0.29, 0.717) is 22.2 Å². The summed E-state index contributed by atoms with van der Waals surface area (Å²) in [6, 6.07) is 12.6. The average molecular weight is 622 g/mol. The predicted molar refractivity (Wildman–Crippen MR) is 194 cm³/mol. The summed E-state index contributed by atoms with van der Waals surface area (Å²) in [5, 5.41) is 9.92. The molecule has 0 bridgehead atoms. The molecule has 0 spiro atoms. The molecule has 0 unspecified atom stereocenters. The second-order valence-electron chi connectivity index (χ2n) is 11.8. The van der Waals surface area contributed by atoms with Gasteiger partial charge in [-0.2, -0.15) is 0 Å². The third-order valence-electron chi connectivity index (χ3n) is 6.91. The van der Waals surface area contributed by atoms with Gasteiger partial charge >= 0.3 is 0 Å². The maximum absolute atomic E-state index is 8.52. The zero-order chi connectivity index (χ0) is 31.8. The van der Waals surface area contributed by atoms with Gasteiger partial charge in [-0.25, -0.2) is 0 Å². The first kappa shape index (κ1) is 36.3.